The molecule has 1 aromatic carbocycles. The molecule has 36 heavy (non-hydrogen) atoms. The van der Waals surface area contributed by atoms with Crippen LogP contribution < -0.4 is 20.7 Å². The number of nitrogens with one attached hydrogen (secondary N) is 3. The lowest BCUT2D eigenvalue weighted by Gasteiger charge is -2.35. The highest BCUT2D eigenvalue weighted by Gasteiger charge is 2.44. The number of ether oxygens (including phenoxy) is 1. The van der Waals surface area contributed by atoms with Gasteiger partial charge in [0.25, 0.3) is 0 Å². The summed E-state index contributed by atoms with van der Waals surface area (Å²) >= 11 is 0. The first kappa shape index (κ1) is 26.1. The van der Waals surface area contributed by atoms with Crippen molar-refractivity contribution in [2.45, 2.75) is 77.3 Å². The number of halogens is 1. The number of methoxy groups -OCH3 is 1. The minimum absolute atomic E-state index is 0.175. The van der Waals surface area contributed by atoms with Gasteiger partial charge >= 0.3 is 5.91 Å². The number of likely N-dealkylation sites (tertiary alicyclic amines) is 1. The molecule has 2 fully saturated rings. The first-order valence-electron chi connectivity index (χ1n) is 13.2. The molecule has 2 aliphatic rings. The molecule has 1 amide bonds. The Bertz CT molecular complexity index is 1040. The van der Waals surface area contributed by atoms with Crippen molar-refractivity contribution >= 4 is 29.4 Å². The molecule has 10 heteroatoms. The van der Waals surface area contributed by atoms with E-state index in [2.05, 4.69) is 37.8 Å². The number of hydrogen-bond donors (Lipinski definition) is 3. The van der Waals surface area contributed by atoms with E-state index in [0.717, 1.165) is 38.8 Å². The molecule has 3 N–H and O–H groups in total. The number of quaternary nitrogens is 1. The standard InChI is InChI=1S/C26H39FN7O2/c1-4-34(18(2)35)15-9-12-21(34)17-28-24-31-25(29-19-10-7-5-6-8-11-19)33-26(32-24)30-20-13-14-23(36-3)22(27)16-20/h13-14,16,19,21H,4-12,15,17H2,1-3H3,(H3,28,29,30,31,32,33)/q+1. The summed E-state index contributed by atoms with van der Waals surface area (Å²) in [5.74, 6) is 1.16. The lowest BCUT2D eigenvalue weighted by molar-refractivity contribution is -0.862. The highest BCUT2D eigenvalue weighted by molar-refractivity contribution is 5.66. The molecule has 2 heterocycles. The van der Waals surface area contributed by atoms with Crippen LogP contribution in [0.2, 0.25) is 0 Å². The van der Waals surface area contributed by atoms with Gasteiger partial charge in [0.15, 0.2) is 11.6 Å². The van der Waals surface area contributed by atoms with Gasteiger partial charge in [0.2, 0.25) is 17.8 Å². The Hall–Kier alpha value is -3.01. The van der Waals surface area contributed by atoms with E-state index in [1.807, 2.05) is 0 Å². The minimum Gasteiger partial charge on any atom is -0.494 e. The zero-order chi connectivity index (χ0) is 25.5. The van der Waals surface area contributed by atoms with Crippen molar-refractivity contribution < 1.29 is 18.4 Å². The van der Waals surface area contributed by atoms with Gasteiger partial charge in [-0.1, -0.05) is 25.7 Å². The second-order valence-electron chi connectivity index (χ2n) is 9.88. The molecule has 196 valence electrons. The maximum atomic E-state index is 14.3. The fraction of sp³-hybridized carbons (Fsp3) is 0.615. The summed E-state index contributed by atoms with van der Waals surface area (Å²) in [5.41, 5.74) is 0.514. The van der Waals surface area contributed by atoms with Crippen LogP contribution in [0.4, 0.5) is 27.9 Å². The van der Waals surface area contributed by atoms with Crippen LogP contribution in [-0.4, -0.2) is 64.2 Å². The van der Waals surface area contributed by atoms with Crippen LogP contribution in [0.3, 0.4) is 0 Å². The summed E-state index contributed by atoms with van der Waals surface area (Å²) in [6.07, 6.45) is 9.06. The number of aromatic nitrogens is 3. The summed E-state index contributed by atoms with van der Waals surface area (Å²) in [6, 6.07) is 5.12. The van der Waals surface area contributed by atoms with Crippen molar-refractivity contribution in [3.63, 3.8) is 0 Å². The molecule has 0 spiro atoms. The van der Waals surface area contributed by atoms with Gasteiger partial charge in [-0.3, -0.25) is 4.48 Å². The molecule has 1 saturated heterocycles. The predicted octanol–water partition coefficient (Wildman–Crippen LogP) is 4.86. The molecule has 0 bridgehead atoms. The summed E-state index contributed by atoms with van der Waals surface area (Å²) in [6.45, 7) is 6.02. The van der Waals surface area contributed by atoms with Crippen molar-refractivity contribution in [2.24, 2.45) is 0 Å². The molecule has 1 saturated carbocycles. The molecule has 1 aromatic heterocycles. The van der Waals surface area contributed by atoms with E-state index in [9.17, 15) is 9.18 Å². The van der Waals surface area contributed by atoms with E-state index in [1.165, 1.54) is 38.9 Å². The fourth-order valence-electron chi connectivity index (χ4n) is 5.63. The van der Waals surface area contributed by atoms with Gasteiger partial charge in [-0.15, -0.1) is 0 Å². The molecular formula is C26H39FN7O2+. The van der Waals surface area contributed by atoms with E-state index >= 15 is 0 Å². The van der Waals surface area contributed by atoms with Gasteiger partial charge in [-0.2, -0.15) is 15.0 Å². The molecule has 4 rings (SSSR count). The van der Waals surface area contributed by atoms with Gasteiger partial charge in [-0.05, 0) is 31.9 Å². The molecule has 2 unspecified atom stereocenters. The summed E-state index contributed by atoms with van der Waals surface area (Å²) in [4.78, 5) is 26.3. The Kier molecular flexibility index (Phi) is 8.56. The average Bonchev–Trinajstić information content (AvgIpc) is 3.12. The van der Waals surface area contributed by atoms with Crippen molar-refractivity contribution in [2.75, 3.05) is 42.7 Å². The molecule has 1 aliphatic heterocycles. The SMILES string of the molecule is CC[N+]1(C(C)=O)CCCC1CNc1nc(Nc2ccc(OC)c(F)c2)nc(NC2CCCCCC2)n1. The summed E-state index contributed by atoms with van der Waals surface area (Å²) in [7, 11) is 1.43. The Morgan fingerprint density at radius 1 is 1.06 bits per heavy atom. The van der Waals surface area contributed by atoms with Crippen LogP contribution in [0, 0.1) is 5.82 Å². The second-order valence-corrected chi connectivity index (χ2v) is 9.88. The number of likely N-dealkylation sites (N-methyl/N-ethyl adjacent to an activating group) is 1. The Morgan fingerprint density at radius 3 is 2.44 bits per heavy atom. The van der Waals surface area contributed by atoms with Gasteiger partial charge in [0, 0.05) is 30.6 Å². The van der Waals surface area contributed by atoms with Crippen molar-refractivity contribution in [3.8, 4) is 5.75 Å². The monoisotopic (exact) mass is 500 g/mol. The first-order chi connectivity index (χ1) is 17.4. The average molecular weight is 501 g/mol. The van der Waals surface area contributed by atoms with Gasteiger partial charge < -0.3 is 20.7 Å². The Labute approximate surface area is 212 Å². The molecule has 2 atom stereocenters. The quantitative estimate of drug-likeness (QED) is 0.332. The van der Waals surface area contributed by atoms with E-state index in [-0.39, 0.29) is 17.7 Å². The van der Waals surface area contributed by atoms with Gasteiger partial charge in [0.05, 0.1) is 33.7 Å². The fourth-order valence-corrected chi connectivity index (χ4v) is 5.63. The van der Waals surface area contributed by atoms with Crippen molar-refractivity contribution in [1.82, 2.24) is 15.0 Å². The summed E-state index contributed by atoms with van der Waals surface area (Å²) in [5, 5.41) is 9.97. The maximum Gasteiger partial charge on any atom is 0.310 e. The van der Waals surface area contributed by atoms with Crippen LogP contribution in [0.5, 0.6) is 5.75 Å². The highest BCUT2D eigenvalue weighted by atomic mass is 19.1. The predicted molar refractivity (Wildman–Crippen MR) is 139 cm³/mol. The highest BCUT2D eigenvalue weighted by Crippen LogP contribution is 2.28. The Balaban J connectivity index is 1.55. The third-order valence-electron chi connectivity index (χ3n) is 7.71. The van der Waals surface area contributed by atoms with E-state index in [4.69, 9.17) is 4.74 Å². The minimum atomic E-state index is -0.467. The van der Waals surface area contributed by atoms with Crippen LogP contribution in [0.15, 0.2) is 18.2 Å². The third-order valence-corrected chi connectivity index (χ3v) is 7.71. The molecule has 1 aliphatic carbocycles. The van der Waals surface area contributed by atoms with Crippen LogP contribution >= 0.6 is 0 Å². The molecule has 0 radical (unpaired) electrons. The smallest absolute Gasteiger partial charge is 0.310 e. The largest absolute Gasteiger partial charge is 0.494 e. The second kappa shape index (κ2) is 11.8. The summed E-state index contributed by atoms with van der Waals surface area (Å²) < 4.78 is 19.8. The number of amides is 1. The first-order valence-corrected chi connectivity index (χ1v) is 13.2. The van der Waals surface area contributed by atoms with E-state index in [1.54, 1.807) is 19.1 Å². The van der Waals surface area contributed by atoms with Crippen LogP contribution in [0.1, 0.15) is 65.2 Å². The molecular weight excluding hydrogens is 461 g/mol. The van der Waals surface area contributed by atoms with Gasteiger partial charge in [-0.25, -0.2) is 9.18 Å². The zero-order valence-corrected chi connectivity index (χ0v) is 21.6. The topological polar surface area (TPSA) is 101 Å². The van der Waals surface area contributed by atoms with Gasteiger partial charge in [0.1, 0.15) is 6.04 Å². The maximum absolute atomic E-state index is 14.3. The zero-order valence-electron chi connectivity index (χ0n) is 21.6. The number of hydrogen-bond acceptors (Lipinski definition) is 8. The van der Waals surface area contributed by atoms with Crippen LogP contribution in [0.25, 0.3) is 0 Å². The van der Waals surface area contributed by atoms with E-state index < -0.39 is 5.82 Å². The molecule has 2 aromatic rings. The van der Waals surface area contributed by atoms with E-state index in [0.29, 0.717) is 40.6 Å². The lowest BCUT2D eigenvalue weighted by atomic mass is 10.1. The number of benzene rings is 1. The van der Waals surface area contributed by atoms with Crippen molar-refractivity contribution in [1.29, 1.82) is 0 Å². The number of anilines is 4. The number of rotatable bonds is 9. The lowest BCUT2D eigenvalue weighted by Crippen LogP contribution is -2.57. The normalized spacial score (nSPS) is 22.6. The number of carbonyl (C=O) groups excluding carboxylic acids is 1. The Morgan fingerprint density at radius 2 is 1.78 bits per heavy atom. The van der Waals surface area contributed by atoms with Crippen LogP contribution in [-0.2, 0) is 4.79 Å². The van der Waals surface area contributed by atoms with Crippen molar-refractivity contribution in [3.05, 3.63) is 24.0 Å². The number of carbonyl (C=O) groups is 1. The third kappa shape index (κ3) is 6.03. The molecule has 9 nitrogen and oxygen atoms in total. The number of nitrogens with zero attached hydrogens (tertiary/aromatic N) is 4.